The summed E-state index contributed by atoms with van der Waals surface area (Å²) in [5.74, 6) is -0.151. The van der Waals surface area contributed by atoms with E-state index in [4.69, 9.17) is 4.74 Å². The molecule has 2 nitrogen and oxygen atoms in total. The molecule has 168 valence electrons. The topological polar surface area (TPSA) is 26.3 Å². The highest BCUT2D eigenvalue weighted by atomic mass is 32.1. The van der Waals surface area contributed by atoms with E-state index in [1.165, 1.54) is 10.6 Å². The molecule has 0 N–H and O–H groups in total. The Bertz CT molecular complexity index is 1010. The minimum absolute atomic E-state index is 0.00795. The van der Waals surface area contributed by atoms with Crippen LogP contribution in [0.15, 0.2) is 83.4 Å². The minimum Gasteiger partial charge on any atom is -0.463 e. The summed E-state index contributed by atoms with van der Waals surface area (Å²) in [4.78, 5) is 14.9. The third-order valence-corrected chi connectivity index (χ3v) is 15.5. The van der Waals surface area contributed by atoms with Gasteiger partial charge in [-0.2, -0.15) is 0 Å². The van der Waals surface area contributed by atoms with Crippen LogP contribution in [0.2, 0.25) is 18.1 Å². The van der Waals surface area contributed by atoms with E-state index >= 15 is 0 Å². The van der Waals surface area contributed by atoms with Gasteiger partial charge in [0, 0.05) is 15.4 Å². The molecule has 0 atom stereocenters. The molecule has 0 fully saturated rings. The zero-order valence-electron chi connectivity index (χ0n) is 19.9. The van der Waals surface area contributed by atoms with Crippen LogP contribution in [0.4, 0.5) is 0 Å². The predicted octanol–water partition coefficient (Wildman–Crippen LogP) is 7.20. The summed E-state index contributed by atoms with van der Waals surface area (Å²) in [5, 5.41) is 6.68. The van der Waals surface area contributed by atoms with Crippen molar-refractivity contribution in [3.63, 3.8) is 0 Å². The number of benzene rings is 2. The van der Waals surface area contributed by atoms with Crippen LogP contribution in [0.5, 0.6) is 0 Å². The van der Waals surface area contributed by atoms with Gasteiger partial charge >= 0.3 is 5.97 Å². The van der Waals surface area contributed by atoms with Crippen molar-refractivity contribution in [2.75, 3.05) is 6.61 Å². The lowest BCUT2D eigenvalue weighted by Gasteiger charge is -2.40. The second-order valence-corrected chi connectivity index (χ2v) is 17.7. The van der Waals surface area contributed by atoms with Crippen LogP contribution >= 0.6 is 19.3 Å². The third-order valence-electron chi connectivity index (χ3n) is 6.22. The maximum atomic E-state index is 13.7. The molecule has 0 aliphatic heterocycles. The lowest BCUT2D eigenvalue weighted by atomic mass is 10.2. The van der Waals surface area contributed by atoms with Gasteiger partial charge in [0.25, 0.3) is 0 Å². The smallest absolute Gasteiger partial charge is 0.330 e. The molecule has 5 heteroatoms. The largest absolute Gasteiger partial charge is 0.463 e. The van der Waals surface area contributed by atoms with Crippen molar-refractivity contribution in [3.05, 3.63) is 88.2 Å². The van der Waals surface area contributed by atoms with Gasteiger partial charge in [0.05, 0.1) is 14.7 Å². The summed E-state index contributed by atoms with van der Waals surface area (Å²) in [7, 11) is -3.19. The van der Waals surface area contributed by atoms with E-state index in [0.717, 1.165) is 15.4 Å². The van der Waals surface area contributed by atoms with Gasteiger partial charge in [-0.25, -0.2) is 4.79 Å². The monoisotopic (exact) mass is 480 g/mol. The Kier molecular flexibility index (Phi) is 7.92. The summed E-state index contributed by atoms with van der Waals surface area (Å²) in [6.07, 6.45) is 0. The molecule has 0 aliphatic carbocycles. The standard InChI is InChI=1S/C27H33O2PSSi/c1-7-29-26(28)25(32(5,6)27(2,3)4)24(23-19-14-20-31-23)30(21-15-10-8-11-16-21)22-17-12-9-13-18-22/h8-20H,7H2,1-6H3/b25-24-. The molecule has 1 aromatic heterocycles. The van der Waals surface area contributed by atoms with Gasteiger partial charge in [0.2, 0.25) is 0 Å². The molecule has 2 aromatic carbocycles. The second-order valence-electron chi connectivity index (χ2n) is 9.30. The summed E-state index contributed by atoms with van der Waals surface area (Å²) < 4.78 is 5.74. The molecule has 0 unspecified atom stereocenters. The molecule has 0 spiro atoms. The minimum atomic E-state index is -2.25. The van der Waals surface area contributed by atoms with E-state index in [1.807, 2.05) is 6.92 Å². The van der Waals surface area contributed by atoms with Crippen LogP contribution in [0, 0.1) is 0 Å². The molecule has 1 heterocycles. The number of thiophene rings is 1. The predicted molar refractivity (Wildman–Crippen MR) is 144 cm³/mol. The summed E-state index contributed by atoms with van der Waals surface area (Å²) in [5.41, 5.74) is 0. The van der Waals surface area contributed by atoms with Gasteiger partial charge in [0.15, 0.2) is 0 Å². The van der Waals surface area contributed by atoms with Gasteiger partial charge in [-0.15, -0.1) is 11.3 Å². The molecular formula is C27H33O2PSSi. The summed E-state index contributed by atoms with van der Waals surface area (Å²) in [6, 6.07) is 25.5. The van der Waals surface area contributed by atoms with Crippen molar-refractivity contribution in [2.45, 2.75) is 45.8 Å². The molecule has 0 amide bonds. The zero-order chi connectivity index (χ0) is 23.4. The van der Waals surface area contributed by atoms with Crippen molar-refractivity contribution >= 4 is 49.2 Å². The Balaban J connectivity index is 2.46. The van der Waals surface area contributed by atoms with Gasteiger partial charge in [-0.05, 0) is 41.9 Å². The molecule has 0 aliphatic rings. The van der Waals surface area contributed by atoms with Crippen LogP contribution in [0.1, 0.15) is 32.6 Å². The molecular weight excluding hydrogens is 447 g/mol. The van der Waals surface area contributed by atoms with Crippen LogP contribution in [0.3, 0.4) is 0 Å². The Morgan fingerprint density at radius 3 is 1.84 bits per heavy atom. The average molecular weight is 481 g/mol. The quantitative estimate of drug-likeness (QED) is 0.155. The maximum Gasteiger partial charge on any atom is 0.330 e. The van der Waals surface area contributed by atoms with E-state index in [9.17, 15) is 4.79 Å². The van der Waals surface area contributed by atoms with Crippen molar-refractivity contribution < 1.29 is 9.53 Å². The first kappa shape index (κ1) is 24.6. The van der Waals surface area contributed by atoms with E-state index in [0.29, 0.717) is 6.61 Å². The fourth-order valence-electron chi connectivity index (χ4n) is 3.55. The van der Waals surface area contributed by atoms with Gasteiger partial charge in [-0.3, -0.25) is 0 Å². The van der Waals surface area contributed by atoms with Crippen LogP contribution in [-0.4, -0.2) is 20.7 Å². The second kappa shape index (κ2) is 10.3. The van der Waals surface area contributed by atoms with E-state index in [2.05, 4.69) is 112 Å². The van der Waals surface area contributed by atoms with E-state index < -0.39 is 16.0 Å². The Hall–Kier alpha value is -2.00. The number of ether oxygens (including phenoxy) is 1. The number of hydrogen-bond acceptors (Lipinski definition) is 3. The Labute approximate surface area is 199 Å². The third kappa shape index (κ3) is 5.14. The molecule has 0 bridgehead atoms. The highest BCUT2D eigenvalue weighted by Gasteiger charge is 2.45. The molecule has 0 radical (unpaired) electrons. The first-order valence-corrected chi connectivity index (χ1v) is 16.3. The SMILES string of the molecule is CCOC(=O)/C(=C(\c1cccs1)P(c1ccccc1)c1ccccc1)[Si](C)(C)C(C)(C)C. The van der Waals surface area contributed by atoms with Crippen LogP contribution in [0.25, 0.3) is 5.31 Å². The zero-order valence-corrected chi connectivity index (χ0v) is 22.6. The molecule has 3 rings (SSSR count). The normalized spacial score (nSPS) is 13.1. The van der Waals surface area contributed by atoms with Gasteiger partial charge < -0.3 is 4.74 Å². The van der Waals surface area contributed by atoms with Crippen molar-refractivity contribution in [1.82, 2.24) is 0 Å². The Morgan fingerprint density at radius 2 is 1.44 bits per heavy atom. The number of rotatable bonds is 7. The van der Waals surface area contributed by atoms with Gasteiger partial charge in [-0.1, -0.05) is 101 Å². The summed E-state index contributed by atoms with van der Waals surface area (Å²) in [6.45, 7) is 13.7. The van der Waals surface area contributed by atoms with Gasteiger partial charge in [0.1, 0.15) is 0 Å². The fraction of sp³-hybridized carbons (Fsp3) is 0.296. The van der Waals surface area contributed by atoms with Crippen LogP contribution < -0.4 is 10.6 Å². The number of carbonyl (C=O) groups is 1. The fourth-order valence-corrected chi connectivity index (χ4v) is 10.3. The maximum absolute atomic E-state index is 13.7. The first-order chi connectivity index (χ1) is 15.2. The van der Waals surface area contributed by atoms with E-state index in [-0.39, 0.29) is 11.0 Å². The lowest BCUT2D eigenvalue weighted by Crippen LogP contribution is -2.44. The van der Waals surface area contributed by atoms with Crippen molar-refractivity contribution in [1.29, 1.82) is 0 Å². The summed E-state index contributed by atoms with van der Waals surface area (Å²) >= 11 is 1.71. The number of hydrogen-bond donors (Lipinski definition) is 0. The average Bonchev–Trinajstić information content (AvgIpc) is 3.28. The number of carbonyl (C=O) groups excluding carboxylic acids is 1. The molecule has 3 aromatic rings. The molecule has 32 heavy (non-hydrogen) atoms. The van der Waals surface area contributed by atoms with Crippen molar-refractivity contribution in [3.8, 4) is 0 Å². The highest BCUT2D eigenvalue weighted by Crippen LogP contribution is 2.55. The molecule has 0 saturated carbocycles. The van der Waals surface area contributed by atoms with Crippen molar-refractivity contribution in [2.24, 2.45) is 0 Å². The first-order valence-electron chi connectivity index (χ1n) is 11.0. The lowest BCUT2D eigenvalue weighted by molar-refractivity contribution is -0.137. The van der Waals surface area contributed by atoms with Crippen LogP contribution in [-0.2, 0) is 9.53 Å². The highest BCUT2D eigenvalue weighted by molar-refractivity contribution is 7.82. The number of esters is 1. The Morgan fingerprint density at radius 1 is 0.906 bits per heavy atom. The van der Waals surface area contributed by atoms with E-state index in [1.54, 1.807) is 11.3 Å². The molecule has 0 saturated heterocycles.